The summed E-state index contributed by atoms with van der Waals surface area (Å²) in [7, 11) is -7.52. The lowest BCUT2D eigenvalue weighted by atomic mass is 10.0. The highest BCUT2D eigenvalue weighted by molar-refractivity contribution is 8.23. The van der Waals surface area contributed by atoms with Crippen LogP contribution in [0.3, 0.4) is 0 Å². The molecule has 9 nitrogen and oxygen atoms in total. The number of fused-ring (bicyclic) bond motifs is 1. The quantitative estimate of drug-likeness (QED) is 0.205. The van der Waals surface area contributed by atoms with Crippen LogP contribution in [0.4, 0.5) is 4.39 Å². The van der Waals surface area contributed by atoms with Gasteiger partial charge in [0.2, 0.25) is 15.9 Å². The summed E-state index contributed by atoms with van der Waals surface area (Å²) in [6.45, 7) is 1.50. The third-order valence-electron chi connectivity index (χ3n) is 6.41. The number of carbonyl (C=O) groups is 1. The Morgan fingerprint density at radius 3 is 2.55 bits per heavy atom. The summed E-state index contributed by atoms with van der Waals surface area (Å²) in [6, 6.07) is 15.2. The molecule has 2 heterocycles. The van der Waals surface area contributed by atoms with E-state index in [0.29, 0.717) is 22.5 Å². The molecule has 1 aliphatic heterocycles. The monoisotopic (exact) mass is 578 g/mol. The van der Waals surface area contributed by atoms with E-state index in [1.54, 1.807) is 30.3 Å². The SMILES string of the molecule is Cc1c(Cl)cc(F)cc1S(=O)(=O)N[C@@H](Cc1ccc(C2CC(=O)NS2(O)O)cc1)c1nc2ccccc2[nH]1. The van der Waals surface area contributed by atoms with Crippen LogP contribution < -0.4 is 9.44 Å². The van der Waals surface area contributed by atoms with Crippen LogP contribution >= 0.6 is 22.4 Å². The first-order chi connectivity index (χ1) is 17.9. The van der Waals surface area contributed by atoms with E-state index in [4.69, 9.17) is 11.6 Å². The van der Waals surface area contributed by atoms with E-state index in [1.165, 1.54) is 6.92 Å². The van der Waals surface area contributed by atoms with E-state index in [1.807, 2.05) is 18.2 Å². The Hall–Kier alpha value is -3.00. The second kappa shape index (κ2) is 9.95. The molecule has 1 unspecified atom stereocenters. The molecule has 0 spiro atoms. The highest BCUT2D eigenvalue weighted by Crippen LogP contribution is 2.56. The van der Waals surface area contributed by atoms with Crippen LogP contribution in [0.1, 0.15) is 40.2 Å². The van der Waals surface area contributed by atoms with Crippen molar-refractivity contribution in [1.29, 1.82) is 0 Å². The van der Waals surface area contributed by atoms with Gasteiger partial charge < -0.3 is 4.98 Å². The second-order valence-corrected chi connectivity index (χ2v) is 13.1. The number of aromatic nitrogens is 2. The third kappa shape index (κ3) is 5.28. The summed E-state index contributed by atoms with van der Waals surface area (Å²) in [4.78, 5) is 19.1. The predicted molar refractivity (Wildman–Crippen MR) is 144 cm³/mol. The summed E-state index contributed by atoms with van der Waals surface area (Å²) in [5.41, 5.74) is 2.86. The smallest absolute Gasteiger partial charge is 0.241 e. The van der Waals surface area contributed by atoms with Crippen LogP contribution in [0, 0.1) is 12.7 Å². The maximum Gasteiger partial charge on any atom is 0.241 e. The zero-order chi connectivity index (χ0) is 27.2. The number of para-hydroxylation sites is 2. The summed E-state index contributed by atoms with van der Waals surface area (Å²) in [5.74, 6) is -0.854. The molecule has 1 aliphatic rings. The van der Waals surface area contributed by atoms with Crippen molar-refractivity contribution in [2.45, 2.75) is 36.0 Å². The van der Waals surface area contributed by atoms with Gasteiger partial charge in [0, 0.05) is 5.02 Å². The number of imidazole rings is 1. The molecule has 3 aromatic carbocycles. The highest BCUT2D eigenvalue weighted by Gasteiger charge is 2.38. The van der Waals surface area contributed by atoms with Gasteiger partial charge in [-0.25, -0.2) is 22.5 Å². The molecule has 1 aromatic heterocycles. The first kappa shape index (κ1) is 26.6. The fourth-order valence-corrected chi connectivity index (χ4v) is 7.68. The summed E-state index contributed by atoms with van der Waals surface area (Å²) >= 11 is 6.05. The topological polar surface area (TPSA) is 144 Å². The van der Waals surface area contributed by atoms with Crippen LogP contribution in [0.2, 0.25) is 5.02 Å². The van der Waals surface area contributed by atoms with Gasteiger partial charge in [-0.2, -0.15) is 0 Å². The summed E-state index contributed by atoms with van der Waals surface area (Å²) < 4.78 is 66.1. The van der Waals surface area contributed by atoms with Gasteiger partial charge >= 0.3 is 0 Å². The Labute approximate surface area is 225 Å². The number of rotatable bonds is 7. The van der Waals surface area contributed by atoms with E-state index in [0.717, 1.165) is 17.6 Å². The lowest BCUT2D eigenvalue weighted by Gasteiger charge is -2.32. The second-order valence-electron chi connectivity index (χ2n) is 9.08. The fourth-order valence-electron chi connectivity index (χ4n) is 4.46. The number of carbonyl (C=O) groups excluding carboxylic acids is 1. The average Bonchev–Trinajstić information content (AvgIpc) is 3.40. The minimum absolute atomic E-state index is 0.00731. The zero-order valence-corrected chi connectivity index (χ0v) is 22.4. The van der Waals surface area contributed by atoms with Gasteiger partial charge in [-0.05, 0) is 54.3 Å². The first-order valence-electron chi connectivity index (χ1n) is 11.5. The number of sulfonamides is 1. The summed E-state index contributed by atoms with van der Waals surface area (Å²) in [6.07, 6.45) is 0.123. The molecule has 0 radical (unpaired) electrons. The molecule has 5 N–H and O–H groups in total. The number of amides is 1. The van der Waals surface area contributed by atoms with Crippen molar-refractivity contribution in [2.24, 2.45) is 0 Å². The van der Waals surface area contributed by atoms with Gasteiger partial charge in [-0.1, -0.05) is 48.0 Å². The number of hydrogen-bond donors (Lipinski definition) is 5. The molecule has 200 valence electrons. The molecule has 38 heavy (non-hydrogen) atoms. The van der Waals surface area contributed by atoms with Crippen molar-refractivity contribution in [3.05, 3.63) is 94.0 Å². The molecule has 4 aromatic rings. The molecule has 0 bridgehead atoms. The Bertz CT molecular complexity index is 1610. The highest BCUT2D eigenvalue weighted by atomic mass is 35.5. The van der Waals surface area contributed by atoms with E-state index < -0.39 is 43.8 Å². The minimum Gasteiger partial charge on any atom is -0.341 e. The Kier molecular flexibility index (Phi) is 6.97. The Balaban J connectivity index is 1.48. The van der Waals surface area contributed by atoms with Crippen molar-refractivity contribution < 1.29 is 26.7 Å². The van der Waals surface area contributed by atoms with Gasteiger partial charge in [0.05, 0.1) is 28.4 Å². The molecule has 1 fully saturated rings. The molecular weight excluding hydrogens is 555 g/mol. The lowest BCUT2D eigenvalue weighted by Crippen LogP contribution is -2.31. The van der Waals surface area contributed by atoms with Crippen LogP contribution in [0.15, 0.2) is 65.6 Å². The zero-order valence-electron chi connectivity index (χ0n) is 20.0. The molecule has 13 heteroatoms. The van der Waals surface area contributed by atoms with Crippen molar-refractivity contribution in [2.75, 3.05) is 0 Å². The van der Waals surface area contributed by atoms with Crippen LogP contribution in [-0.4, -0.2) is 33.4 Å². The van der Waals surface area contributed by atoms with Crippen LogP contribution in [-0.2, 0) is 21.2 Å². The normalized spacial score (nSPS) is 18.9. The van der Waals surface area contributed by atoms with Gasteiger partial charge in [0.25, 0.3) is 0 Å². The van der Waals surface area contributed by atoms with Crippen molar-refractivity contribution in [3.63, 3.8) is 0 Å². The molecule has 1 amide bonds. The maximum atomic E-state index is 14.1. The number of aromatic amines is 1. The predicted octanol–water partition coefficient (Wildman–Crippen LogP) is 5.15. The minimum atomic E-state index is -4.23. The lowest BCUT2D eigenvalue weighted by molar-refractivity contribution is -0.118. The van der Waals surface area contributed by atoms with Crippen LogP contribution in [0.5, 0.6) is 0 Å². The fraction of sp³-hybridized carbons (Fsp3) is 0.200. The molecule has 5 rings (SSSR count). The number of hydrogen-bond acceptors (Lipinski definition) is 6. The number of nitrogens with zero attached hydrogens (tertiary/aromatic N) is 1. The van der Waals surface area contributed by atoms with Crippen LogP contribution in [0.25, 0.3) is 11.0 Å². The van der Waals surface area contributed by atoms with Crippen molar-refractivity contribution >= 4 is 49.3 Å². The summed E-state index contributed by atoms with van der Waals surface area (Å²) in [5, 5.41) is -0.776. The number of nitrogens with one attached hydrogen (secondary N) is 3. The van der Waals surface area contributed by atoms with Gasteiger partial charge in [-0.15, -0.1) is 10.8 Å². The molecule has 0 saturated carbocycles. The van der Waals surface area contributed by atoms with E-state index in [2.05, 4.69) is 19.4 Å². The van der Waals surface area contributed by atoms with Gasteiger partial charge in [0.1, 0.15) is 16.9 Å². The van der Waals surface area contributed by atoms with Gasteiger partial charge in [0.15, 0.2) is 0 Å². The van der Waals surface area contributed by atoms with Gasteiger partial charge in [-0.3, -0.25) is 18.6 Å². The molecular formula is C25H24ClFN4O5S2. The Morgan fingerprint density at radius 1 is 1.18 bits per heavy atom. The molecule has 2 atom stereocenters. The molecule has 1 saturated heterocycles. The Morgan fingerprint density at radius 2 is 1.89 bits per heavy atom. The van der Waals surface area contributed by atoms with E-state index >= 15 is 0 Å². The van der Waals surface area contributed by atoms with E-state index in [-0.39, 0.29) is 28.3 Å². The number of benzene rings is 3. The number of H-pyrrole nitrogens is 1. The standard InChI is InChI=1S/C25H24ClFN4O5S2/c1-14-18(26)11-17(27)12-22(14)37(33,34)30-21(25-28-19-4-2-3-5-20(19)29-25)10-15-6-8-16(9-7-15)23-13-24(32)31-38(23,35)36/h2-9,11-12,21,23,30,35-36H,10,13H2,1H3,(H,28,29)(H,31,32)/t21-,23?/m0/s1. The average molecular weight is 579 g/mol. The number of halogens is 2. The van der Waals surface area contributed by atoms with Crippen molar-refractivity contribution in [1.82, 2.24) is 19.4 Å². The maximum absolute atomic E-state index is 14.1. The molecule has 0 aliphatic carbocycles. The van der Waals surface area contributed by atoms with Crippen molar-refractivity contribution in [3.8, 4) is 0 Å². The third-order valence-corrected chi connectivity index (χ3v) is 10.2. The largest absolute Gasteiger partial charge is 0.341 e. The first-order valence-corrected chi connectivity index (χ1v) is 15.0. The van der Waals surface area contributed by atoms with E-state index in [9.17, 15) is 26.7 Å².